The molecule has 0 amide bonds. The number of methoxy groups -OCH3 is 1. The molecule has 1 unspecified atom stereocenters. The van der Waals surface area contributed by atoms with Crippen molar-refractivity contribution in [1.29, 1.82) is 5.26 Å². The first-order chi connectivity index (χ1) is 6.38. The second-order valence-corrected chi connectivity index (χ2v) is 3.82. The Bertz CT molecular complexity index is 286. The molecule has 0 saturated heterocycles. The van der Waals surface area contributed by atoms with E-state index in [4.69, 9.17) is 5.26 Å². The zero-order valence-electron chi connectivity index (χ0n) is 9.42. The SMILES string of the molecule is COC(=O)C(C)(C#N)C(C)=CC(C)C. The highest BCUT2D eigenvalue weighted by molar-refractivity contribution is 5.83. The third-order valence-electron chi connectivity index (χ3n) is 2.19. The van der Waals surface area contributed by atoms with Crippen LogP contribution < -0.4 is 0 Å². The molecule has 0 radical (unpaired) electrons. The van der Waals surface area contributed by atoms with E-state index in [1.165, 1.54) is 7.11 Å². The Labute approximate surface area is 85.4 Å². The summed E-state index contributed by atoms with van der Waals surface area (Å²) in [6, 6.07) is 1.99. The molecule has 0 aliphatic rings. The van der Waals surface area contributed by atoms with Gasteiger partial charge in [0.05, 0.1) is 13.2 Å². The fourth-order valence-corrected chi connectivity index (χ4v) is 1.17. The van der Waals surface area contributed by atoms with Gasteiger partial charge in [0.1, 0.15) is 0 Å². The van der Waals surface area contributed by atoms with E-state index in [0.717, 1.165) is 5.57 Å². The fraction of sp³-hybridized carbons (Fsp3) is 0.636. The highest BCUT2D eigenvalue weighted by Crippen LogP contribution is 2.28. The lowest BCUT2D eigenvalue weighted by Gasteiger charge is -2.20. The summed E-state index contributed by atoms with van der Waals surface area (Å²) < 4.78 is 4.61. The Balaban J connectivity index is 5.08. The maximum Gasteiger partial charge on any atom is 0.330 e. The van der Waals surface area contributed by atoms with Crippen molar-refractivity contribution in [1.82, 2.24) is 0 Å². The molecule has 78 valence electrons. The van der Waals surface area contributed by atoms with Crippen molar-refractivity contribution in [3.63, 3.8) is 0 Å². The molecule has 0 aromatic rings. The summed E-state index contributed by atoms with van der Waals surface area (Å²) in [5.41, 5.74) is -0.416. The number of rotatable bonds is 3. The topological polar surface area (TPSA) is 50.1 Å². The second-order valence-electron chi connectivity index (χ2n) is 3.82. The van der Waals surface area contributed by atoms with Gasteiger partial charge in [-0.1, -0.05) is 19.9 Å². The van der Waals surface area contributed by atoms with Crippen molar-refractivity contribution < 1.29 is 9.53 Å². The van der Waals surface area contributed by atoms with Crippen LogP contribution in [-0.2, 0) is 9.53 Å². The van der Waals surface area contributed by atoms with Gasteiger partial charge in [0, 0.05) is 0 Å². The molecule has 3 heteroatoms. The molecular weight excluding hydrogens is 178 g/mol. The first-order valence-corrected chi connectivity index (χ1v) is 4.57. The van der Waals surface area contributed by atoms with Crippen molar-refractivity contribution in [2.45, 2.75) is 27.7 Å². The summed E-state index contributed by atoms with van der Waals surface area (Å²) in [6.07, 6.45) is 1.90. The van der Waals surface area contributed by atoms with Gasteiger partial charge < -0.3 is 4.74 Å². The number of ether oxygens (including phenoxy) is 1. The Kier molecular flexibility index (Phi) is 4.36. The third kappa shape index (κ3) is 2.59. The normalized spacial score (nSPS) is 15.9. The van der Waals surface area contributed by atoms with Gasteiger partial charge >= 0.3 is 5.97 Å². The van der Waals surface area contributed by atoms with Gasteiger partial charge in [0.25, 0.3) is 0 Å². The Morgan fingerprint density at radius 2 is 2.07 bits per heavy atom. The molecule has 0 spiro atoms. The summed E-state index contributed by atoms with van der Waals surface area (Å²) in [4.78, 5) is 11.4. The molecule has 0 aromatic heterocycles. The van der Waals surface area contributed by atoms with Gasteiger partial charge in [0.15, 0.2) is 5.41 Å². The number of carbonyl (C=O) groups excluding carboxylic acids is 1. The zero-order chi connectivity index (χ0) is 11.4. The van der Waals surface area contributed by atoms with E-state index >= 15 is 0 Å². The number of nitrogens with zero attached hydrogens (tertiary/aromatic N) is 1. The van der Waals surface area contributed by atoms with Gasteiger partial charge in [-0.15, -0.1) is 0 Å². The van der Waals surface area contributed by atoms with Crippen LogP contribution in [0.3, 0.4) is 0 Å². The van der Waals surface area contributed by atoms with Crippen molar-refractivity contribution in [2.24, 2.45) is 11.3 Å². The number of allylic oxidation sites excluding steroid dienone is 1. The zero-order valence-corrected chi connectivity index (χ0v) is 9.42. The fourth-order valence-electron chi connectivity index (χ4n) is 1.17. The molecule has 0 aliphatic carbocycles. The van der Waals surface area contributed by atoms with Gasteiger partial charge in [-0.05, 0) is 25.3 Å². The van der Waals surface area contributed by atoms with Crippen LogP contribution >= 0.6 is 0 Å². The number of carbonyl (C=O) groups is 1. The molecule has 0 fully saturated rings. The number of hydrogen-bond acceptors (Lipinski definition) is 3. The van der Waals surface area contributed by atoms with Crippen LogP contribution in [0, 0.1) is 22.7 Å². The van der Waals surface area contributed by atoms with E-state index in [2.05, 4.69) is 4.74 Å². The maximum atomic E-state index is 11.4. The molecule has 0 heterocycles. The monoisotopic (exact) mass is 195 g/mol. The average Bonchev–Trinajstić information content (AvgIpc) is 2.14. The maximum absolute atomic E-state index is 11.4. The largest absolute Gasteiger partial charge is 0.468 e. The molecule has 0 N–H and O–H groups in total. The summed E-state index contributed by atoms with van der Waals surface area (Å²) in [6.45, 7) is 7.35. The Morgan fingerprint density at radius 3 is 2.36 bits per heavy atom. The van der Waals surface area contributed by atoms with Crippen molar-refractivity contribution in [2.75, 3.05) is 7.11 Å². The number of hydrogen-bond donors (Lipinski definition) is 0. The molecule has 14 heavy (non-hydrogen) atoms. The number of esters is 1. The minimum absolute atomic E-state index is 0.312. The van der Waals surface area contributed by atoms with Crippen molar-refractivity contribution in [3.8, 4) is 6.07 Å². The summed E-state index contributed by atoms with van der Waals surface area (Å²) >= 11 is 0. The molecular formula is C11H17NO2. The smallest absolute Gasteiger partial charge is 0.330 e. The average molecular weight is 195 g/mol. The Morgan fingerprint density at radius 1 is 1.57 bits per heavy atom. The minimum Gasteiger partial charge on any atom is -0.468 e. The van der Waals surface area contributed by atoms with Crippen LogP contribution in [0.1, 0.15) is 27.7 Å². The van der Waals surface area contributed by atoms with E-state index in [0.29, 0.717) is 5.92 Å². The van der Waals surface area contributed by atoms with Gasteiger partial charge in [-0.2, -0.15) is 5.26 Å². The van der Waals surface area contributed by atoms with Crippen LogP contribution in [0.4, 0.5) is 0 Å². The molecule has 1 atom stereocenters. The summed E-state index contributed by atoms with van der Waals surface area (Å²) in [5.74, 6) is -0.193. The number of nitriles is 1. The van der Waals surface area contributed by atoms with Crippen LogP contribution in [0.5, 0.6) is 0 Å². The van der Waals surface area contributed by atoms with Crippen LogP contribution in [-0.4, -0.2) is 13.1 Å². The second kappa shape index (κ2) is 4.80. The first kappa shape index (κ1) is 12.7. The quantitative estimate of drug-likeness (QED) is 0.513. The van der Waals surface area contributed by atoms with Crippen LogP contribution in [0.15, 0.2) is 11.6 Å². The molecule has 0 rings (SSSR count). The van der Waals surface area contributed by atoms with Gasteiger partial charge in [0.2, 0.25) is 0 Å². The molecule has 0 saturated carbocycles. The van der Waals surface area contributed by atoms with E-state index in [1.54, 1.807) is 13.8 Å². The predicted molar refractivity (Wildman–Crippen MR) is 54.3 cm³/mol. The standard InChI is InChI=1S/C11H17NO2/c1-8(2)6-9(3)11(4,7-12)10(13)14-5/h6,8H,1-5H3. The van der Waals surface area contributed by atoms with Crippen LogP contribution in [0.2, 0.25) is 0 Å². The minimum atomic E-state index is -1.15. The molecule has 0 bridgehead atoms. The summed E-state index contributed by atoms with van der Waals surface area (Å²) in [7, 11) is 1.29. The lowest BCUT2D eigenvalue weighted by molar-refractivity contribution is -0.146. The van der Waals surface area contributed by atoms with E-state index < -0.39 is 11.4 Å². The highest BCUT2D eigenvalue weighted by Gasteiger charge is 2.36. The molecule has 3 nitrogen and oxygen atoms in total. The van der Waals surface area contributed by atoms with Crippen molar-refractivity contribution >= 4 is 5.97 Å². The van der Waals surface area contributed by atoms with Gasteiger partial charge in [-0.3, -0.25) is 0 Å². The van der Waals surface area contributed by atoms with Crippen molar-refractivity contribution in [3.05, 3.63) is 11.6 Å². The third-order valence-corrected chi connectivity index (χ3v) is 2.19. The highest BCUT2D eigenvalue weighted by atomic mass is 16.5. The van der Waals surface area contributed by atoms with Crippen LogP contribution in [0.25, 0.3) is 0 Å². The molecule has 0 aromatic carbocycles. The lowest BCUT2D eigenvalue weighted by Crippen LogP contribution is -2.28. The lowest BCUT2D eigenvalue weighted by atomic mass is 9.83. The Hall–Kier alpha value is -1.30. The molecule has 0 aliphatic heterocycles. The predicted octanol–water partition coefficient (Wildman–Crippen LogP) is 2.29. The van der Waals surface area contributed by atoms with E-state index in [-0.39, 0.29) is 0 Å². The first-order valence-electron chi connectivity index (χ1n) is 4.57. The summed E-state index contributed by atoms with van der Waals surface area (Å²) in [5, 5.41) is 8.98. The van der Waals surface area contributed by atoms with E-state index in [1.807, 2.05) is 26.0 Å². The van der Waals surface area contributed by atoms with E-state index in [9.17, 15) is 4.79 Å². The van der Waals surface area contributed by atoms with Gasteiger partial charge in [-0.25, -0.2) is 4.79 Å².